The smallest absolute Gasteiger partial charge is 0.241 e. The van der Waals surface area contributed by atoms with Crippen molar-refractivity contribution in [3.8, 4) is 0 Å². The average Bonchev–Trinajstić information content (AvgIpc) is 2.54. The number of guanidine groups is 1. The maximum atomic E-state index is 11.7. The molecule has 1 amide bonds. The normalized spacial score (nSPS) is 10.6. The van der Waals surface area contributed by atoms with Crippen LogP contribution in [0.1, 0.15) is 11.1 Å². The Hall–Kier alpha value is -1.22. The van der Waals surface area contributed by atoms with Gasteiger partial charge in [-0.3, -0.25) is 4.79 Å². The fourth-order valence-corrected chi connectivity index (χ4v) is 2.51. The van der Waals surface area contributed by atoms with Gasteiger partial charge in [0.05, 0.1) is 13.1 Å². The molecule has 2 N–H and O–H groups in total. The second kappa shape index (κ2) is 12.2. The Balaban J connectivity index is 0.00000529. The second-order valence-electron chi connectivity index (χ2n) is 5.29. The van der Waals surface area contributed by atoms with Crippen LogP contribution in [-0.2, 0) is 11.3 Å². The number of rotatable bonds is 7. The Morgan fingerprint density at radius 2 is 2.08 bits per heavy atom. The highest BCUT2D eigenvalue weighted by Gasteiger charge is 2.06. The highest BCUT2D eigenvalue weighted by Crippen LogP contribution is 2.22. The van der Waals surface area contributed by atoms with Crippen LogP contribution in [0, 0.1) is 6.92 Å². The highest BCUT2D eigenvalue weighted by atomic mass is 127. The van der Waals surface area contributed by atoms with Gasteiger partial charge in [0, 0.05) is 25.5 Å². The standard InChI is InChI=1S/C17H26N4OS.HI/c1-6-9-18-17(20-12-16(22)21(3)4)19-11-14-8-7-13(2)10-15(14)23-5;/h6-8,10H,1,9,11-12H2,2-5H3,(H2,18,19,20);1H. The minimum absolute atomic E-state index is 0. The number of amides is 1. The average molecular weight is 462 g/mol. The summed E-state index contributed by atoms with van der Waals surface area (Å²) in [7, 11) is 3.46. The van der Waals surface area contributed by atoms with Crippen LogP contribution < -0.4 is 10.6 Å². The third-order valence-corrected chi connectivity index (χ3v) is 3.99. The summed E-state index contributed by atoms with van der Waals surface area (Å²) in [6.45, 7) is 7.12. The molecule has 0 unspecified atom stereocenters. The molecule has 0 heterocycles. The predicted molar refractivity (Wildman–Crippen MR) is 114 cm³/mol. The lowest BCUT2D eigenvalue weighted by molar-refractivity contribution is -0.127. The molecule has 0 aliphatic carbocycles. The van der Waals surface area contributed by atoms with Crippen LogP contribution in [0.15, 0.2) is 40.7 Å². The molecule has 7 heteroatoms. The first-order chi connectivity index (χ1) is 11.0. The Bertz CT molecular complexity index is 576. The zero-order valence-corrected chi connectivity index (χ0v) is 17.9. The number of carbonyl (C=O) groups is 1. The van der Waals surface area contributed by atoms with E-state index in [0.717, 1.165) is 0 Å². The van der Waals surface area contributed by atoms with Gasteiger partial charge in [-0.25, -0.2) is 4.99 Å². The van der Waals surface area contributed by atoms with E-state index in [9.17, 15) is 4.79 Å². The van der Waals surface area contributed by atoms with Gasteiger partial charge in [0.1, 0.15) is 0 Å². The monoisotopic (exact) mass is 462 g/mol. The highest BCUT2D eigenvalue weighted by molar-refractivity contribution is 14.0. The van der Waals surface area contributed by atoms with E-state index in [1.54, 1.807) is 36.8 Å². The largest absolute Gasteiger partial charge is 0.353 e. The molecule has 1 aromatic carbocycles. The molecule has 0 radical (unpaired) electrons. The Kier molecular flexibility index (Phi) is 11.6. The molecule has 134 valence electrons. The molecule has 0 atom stereocenters. The number of benzene rings is 1. The van der Waals surface area contributed by atoms with Crippen molar-refractivity contribution in [1.29, 1.82) is 0 Å². The molecule has 0 aliphatic rings. The van der Waals surface area contributed by atoms with E-state index in [1.807, 2.05) is 0 Å². The van der Waals surface area contributed by atoms with E-state index in [1.165, 1.54) is 16.0 Å². The van der Waals surface area contributed by atoms with Crippen LogP contribution in [0.3, 0.4) is 0 Å². The molecule has 0 spiro atoms. The van der Waals surface area contributed by atoms with E-state index in [2.05, 4.69) is 53.6 Å². The lowest BCUT2D eigenvalue weighted by Crippen LogP contribution is -2.43. The summed E-state index contributed by atoms with van der Waals surface area (Å²) in [5, 5.41) is 6.17. The van der Waals surface area contributed by atoms with Crippen molar-refractivity contribution in [3.05, 3.63) is 42.0 Å². The van der Waals surface area contributed by atoms with Crippen molar-refractivity contribution >= 4 is 47.6 Å². The minimum atomic E-state index is -0.00163. The minimum Gasteiger partial charge on any atom is -0.353 e. The number of hydrogen-bond acceptors (Lipinski definition) is 3. The van der Waals surface area contributed by atoms with Gasteiger partial charge >= 0.3 is 0 Å². The number of halogens is 1. The molecule has 0 fully saturated rings. The van der Waals surface area contributed by atoms with Gasteiger partial charge < -0.3 is 15.5 Å². The maximum absolute atomic E-state index is 11.7. The SMILES string of the molecule is C=CCNC(=NCc1ccc(C)cc1SC)NCC(=O)N(C)C.I. The topological polar surface area (TPSA) is 56.7 Å². The molecule has 24 heavy (non-hydrogen) atoms. The first kappa shape index (κ1) is 22.8. The van der Waals surface area contributed by atoms with Crippen LogP contribution in [-0.4, -0.2) is 50.2 Å². The van der Waals surface area contributed by atoms with E-state index >= 15 is 0 Å². The zero-order chi connectivity index (χ0) is 17.2. The van der Waals surface area contributed by atoms with Gasteiger partial charge in [-0.15, -0.1) is 42.3 Å². The van der Waals surface area contributed by atoms with Crippen molar-refractivity contribution in [2.75, 3.05) is 33.4 Å². The molecular formula is C17H27IN4OS. The summed E-state index contributed by atoms with van der Waals surface area (Å²) in [6, 6.07) is 6.35. The molecule has 0 aromatic heterocycles. The van der Waals surface area contributed by atoms with Crippen LogP contribution >= 0.6 is 35.7 Å². The molecule has 0 aliphatic heterocycles. The molecule has 1 rings (SSSR count). The van der Waals surface area contributed by atoms with Crippen molar-refractivity contribution in [2.45, 2.75) is 18.4 Å². The van der Waals surface area contributed by atoms with Crippen molar-refractivity contribution in [2.24, 2.45) is 4.99 Å². The molecule has 1 aromatic rings. The number of nitrogens with zero attached hydrogens (tertiary/aromatic N) is 2. The lowest BCUT2D eigenvalue weighted by atomic mass is 10.1. The first-order valence-electron chi connectivity index (χ1n) is 7.44. The fraction of sp³-hybridized carbons (Fsp3) is 0.412. The van der Waals surface area contributed by atoms with E-state index in [4.69, 9.17) is 0 Å². The van der Waals surface area contributed by atoms with E-state index in [0.29, 0.717) is 19.0 Å². The van der Waals surface area contributed by atoms with E-state index < -0.39 is 0 Å². The van der Waals surface area contributed by atoms with Crippen LogP contribution in [0.5, 0.6) is 0 Å². The quantitative estimate of drug-likeness (QED) is 0.215. The lowest BCUT2D eigenvalue weighted by Gasteiger charge is -2.14. The Morgan fingerprint density at radius 1 is 1.38 bits per heavy atom. The van der Waals surface area contributed by atoms with Gasteiger partial charge in [0.15, 0.2) is 5.96 Å². The predicted octanol–water partition coefficient (Wildman–Crippen LogP) is 2.64. The van der Waals surface area contributed by atoms with Gasteiger partial charge in [-0.1, -0.05) is 18.2 Å². The summed E-state index contributed by atoms with van der Waals surface area (Å²) in [6.07, 6.45) is 3.82. The number of thioether (sulfide) groups is 1. The van der Waals surface area contributed by atoms with Gasteiger partial charge in [-0.2, -0.15) is 0 Å². The molecular weight excluding hydrogens is 435 g/mol. The van der Waals surface area contributed by atoms with E-state index in [-0.39, 0.29) is 36.4 Å². The fourth-order valence-electron chi connectivity index (χ4n) is 1.81. The van der Waals surface area contributed by atoms with Crippen molar-refractivity contribution < 1.29 is 4.79 Å². The molecule has 0 bridgehead atoms. The van der Waals surface area contributed by atoms with Crippen LogP contribution in [0.25, 0.3) is 0 Å². The number of nitrogens with one attached hydrogen (secondary N) is 2. The Morgan fingerprint density at radius 3 is 2.67 bits per heavy atom. The van der Waals surface area contributed by atoms with Crippen molar-refractivity contribution in [3.63, 3.8) is 0 Å². The van der Waals surface area contributed by atoms with Crippen LogP contribution in [0.4, 0.5) is 0 Å². The molecule has 0 saturated heterocycles. The summed E-state index contributed by atoms with van der Waals surface area (Å²) in [5.41, 5.74) is 2.41. The summed E-state index contributed by atoms with van der Waals surface area (Å²) in [5.74, 6) is 0.603. The summed E-state index contributed by atoms with van der Waals surface area (Å²) in [4.78, 5) is 19.0. The van der Waals surface area contributed by atoms with Gasteiger partial charge in [0.25, 0.3) is 0 Å². The second-order valence-corrected chi connectivity index (χ2v) is 6.14. The summed E-state index contributed by atoms with van der Waals surface area (Å²) >= 11 is 1.71. The van der Waals surface area contributed by atoms with Crippen LogP contribution in [0.2, 0.25) is 0 Å². The van der Waals surface area contributed by atoms with Gasteiger partial charge in [0.2, 0.25) is 5.91 Å². The number of hydrogen-bond donors (Lipinski definition) is 2. The first-order valence-corrected chi connectivity index (χ1v) is 8.67. The number of aliphatic imine (C=N–C) groups is 1. The Labute approximate surface area is 166 Å². The summed E-state index contributed by atoms with van der Waals surface area (Å²) < 4.78 is 0. The molecule has 5 nitrogen and oxygen atoms in total. The third-order valence-electron chi connectivity index (χ3n) is 3.17. The number of carbonyl (C=O) groups excluding carboxylic acids is 1. The number of aryl methyl sites for hydroxylation is 1. The third kappa shape index (κ3) is 8.05. The van der Waals surface area contributed by atoms with Crippen molar-refractivity contribution in [1.82, 2.24) is 15.5 Å². The van der Waals surface area contributed by atoms with Gasteiger partial charge in [-0.05, 0) is 30.4 Å². The maximum Gasteiger partial charge on any atom is 0.241 e. The molecule has 0 saturated carbocycles. The number of likely N-dealkylation sites (N-methyl/N-ethyl adjacent to an activating group) is 1. The zero-order valence-electron chi connectivity index (χ0n) is 14.8.